The summed E-state index contributed by atoms with van der Waals surface area (Å²) in [5.41, 5.74) is 4.03. The number of hydrogen-bond acceptors (Lipinski definition) is 6. The molecule has 6 rings (SSSR count). The lowest BCUT2D eigenvalue weighted by atomic mass is 9.95. The summed E-state index contributed by atoms with van der Waals surface area (Å²) < 4.78 is 13.7. The molecule has 0 saturated heterocycles. The number of allylic oxidation sites excluding steroid dienone is 1. The van der Waals surface area contributed by atoms with Crippen molar-refractivity contribution in [3.8, 4) is 11.5 Å². The van der Waals surface area contributed by atoms with E-state index in [2.05, 4.69) is 5.32 Å². The van der Waals surface area contributed by atoms with E-state index in [1.54, 1.807) is 11.5 Å². The number of nitrogens with one attached hydrogen (secondary N) is 1. The second kappa shape index (κ2) is 13.4. The number of carbonyl (C=O) groups excluding carboxylic acids is 1. The molecule has 5 aromatic rings. The second-order valence-electron chi connectivity index (χ2n) is 10.4. The number of fused-ring (bicyclic) bond motifs is 1. The van der Waals surface area contributed by atoms with Gasteiger partial charge >= 0.3 is 0 Å². The fourth-order valence-corrected chi connectivity index (χ4v) is 6.29. The molecule has 2 heterocycles. The first-order valence-electron chi connectivity index (χ1n) is 14.5. The van der Waals surface area contributed by atoms with Crippen LogP contribution in [0.3, 0.4) is 0 Å². The van der Waals surface area contributed by atoms with Crippen LogP contribution in [0.15, 0.2) is 124 Å². The second-order valence-corrected chi connectivity index (χ2v) is 11.8. The van der Waals surface area contributed by atoms with Gasteiger partial charge in [-0.1, -0.05) is 77.5 Å². The summed E-state index contributed by atoms with van der Waals surface area (Å²) in [4.78, 5) is 33.0. The minimum atomic E-state index is -0.675. The SMILES string of the molecule is CCOc1ccc([C@H]2C(C(=O)Nc3ccccc3)=C(C)N=c3s/c(=C\c4ccc(OCc5ccc(Cl)cc5)cc4)c(=O)n32)cc1. The van der Waals surface area contributed by atoms with Crippen molar-refractivity contribution in [3.05, 3.63) is 156 Å². The number of benzene rings is 4. The van der Waals surface area contributed by atoms with Gasteiger partial charge in [0.25, 0.3) is 11.5 Å². The van der Waals surface area contributed by atoms with Crippen molar-refractivity contribution in [3.63, 3.8) is 0 Å². The zero-order valence-electron chi connectivity index (χ0n) is 24.7. The summed E-state index contributed by atoms with van der Waals surface area (Å²) in [6, 6.07) is 31.1. The van der Waals surface area contributed by atoms with E-state index in [1.807, 2.05) is 116 Å². The maximum atomic E-state index is 14.0. The van der Waals surface area contributed by atoms with Crippen molar-refractivity contribution in [2.24, 2.45) is 4.99 Å². The van der Waals surface area contributed by atoms with E-state index in [-0.39, 0.29) is 11.5 Å². The van der Waals surface area contributed by atoms with E-state index in [9.17, 15) is 9.59 Å². The average Bonchev–Trinajstić information content (AvgIpc) is 3.35. The molecule has 226 valence electrons. The van der Waals surface area contributed by atoms with E-state index < -0.39 is 6.04 Å². The van der Waals surface area contributed by atoms with Crippen LogP contribution in [0.4, 0.5) is 5.69 Å². The Kier molecular flexibility index (Phi) is 8.96. The number of carbonyl (C=O) groups is 1. The minimum absolute atomic E-state index is 0.224. The van der Waals surface area contributed by atoms with E-state index >= 15 is 0 Å². The molecule has 0 unspecified atom stereocenters. The van der Waals surface area contributed by atoms with Gasteiger partial charge < -0.3 is 14.8 Å². The molecule has 45 heavy (non-hydrogen) atoms. The summed E-state index contributed by atoms with van der Waals surface area (Å²) in [5, 5.41) is 3.66. The Hall–Kier alpha value is -4.92. The molecule has 0 bridgehead atoms. The van der Waals surface area contributed by atoms with Gasteiger partial charge in [0.1, 0.15) is 18.1 Å². The largest absolute Gasteiger partial charge is 0.494 e. The zero-order valence-corrected chi connectivity index (χ0v) is 26.3. The highest BCUT2D eigenvalue weighted by Crippen LogP contribution is 2.32. The first-order chi connectivity index (χ1) is 21.9. The Morgan fingerprint density at radius 3 is 2.29 bits per heavy atom. The van der Waals surface area contributed by atoms with Gasteiger partial charge in [0.05, 0.1) is 28.5 Å². The fraction of sp³-hybridized carbons (Fsp3) is 0.139. The van der Waals surface area contributed by atoms with Gasteiger partial charge in [-0.15, -0.1) is 0 Å². The minimum Gasteiger partial charge on any atom is -0.494 e. The van der Waals surface area contributed by atoms with Crippen LogP contribution >= 0.6 is 22.9 Å². The normalized spacial score (nSPS) is 14.5. The third-order valence-electron chi connectivity index (χ3n) is 7.30. The lowest BCUT2D eigenvalue weighted by Crippen LogP contribution is -2.40. The van der Waals surface area contributed by atoms with Crippen molar-refractivity contribution in [2.45, 2.75) is 26.5 Å². The number of para-hydroxylation sites is 1. The Balaban J connectivity index is 1.34. The number of ether oxygens (including phenoxy) is 2. The molecule has 1 aliphatic rings. The summed E-state index contributed by atoms with van der Waals surface area (Å²) in [6.45, 7) is 4.68. The Labute approximate surface area is 269 Å². The quantitative estimate of drug-likeness (QED) is 0.200. The van der Waals surface area contributed by atoms with Crippen LogP contribution in [-0.4, -0.2) is 17.1 Å². The molecule has 4 aromatic carbocycles. The number of amides is 1. The molecular weight excluding hydrogens is 606 g/mol. The number of thiazole rings is 1. The van der Waals surface area contributed by atoms with E-state index in [0.29, 0.717) is 56.0 Å². The van der Waals surface area contributed by atoms with Gasteiger partial charge in [0, 0.05) is 10.7 Å². The van der Waals surface area contributed by atoms with E-state index in [4.69, 9.17) is 26.1 Å². The molecule has 9 heteroatoms. The standard InChI is InChI=1S/C36H30ClN3O4S/c1-3-43-29-19-13-26(14-20-29)33-32(34(41)39-28-7-5-4-6-8-28)23(2)38-36-40(33)35(42)31(45-36)21-24-11-17-30(18-12-24)44-22-25-9-15-27(37)16-10-25/h4-21,33H,3,22H2,1-2H3,(H,39,41)/b31-21-/t33-/m0/s1. The summed E-state index contributed by atoms with van der Waals surface area (Å²) in [6.07, 6.45) is 1.84. The smallest absolute Gasteiger partial charge is 0.271 e. The molecular formula is C36H30ClN3O4S. The predicted molar refractivity (Wildman–Crippen MR) is 179 cm³/mol. The number of hydrogen-bond donors (Lipinski definition) is 1. The molecule has 1 amide bonds. The first kappa shape index (κ1) is 30.1. The maximum Gasteiger partial charge on any atom is 0.271 e. The summed E-state index contributed by atoms with van der Waals surface area (Å²) in [7, 11) is 0. The van der Waals surface area contributed by atoms with Crippen LogP contribution in [-0.2, 0) is 11.4 Å². The predicted octanol–water partition coefficient (Wildman–Crippen LogP) is 6.51. The molecule has 0 aliphatic carbocycles. The lowest BCUT2D eigenvalue weighted by Gasteiger charge is -2.25. The van der Waals surface area contributed by atoms with Gasteiger partial charge in [-0.2, -0.15) is 0 Å². The summed E-state index contributed by atoms with van der Waals surface area (Å²) >= 11 is 7.27. The number of halogens is 1. The fourth-order valence-electron chi connectivity index (χ4n) is 5.12. The molecule has 0 saturated carbocycles. The highest BCUT2D eigenvalue weighted by molar-refractivity contribution is 7.07. The highest BCUT2D eigenvalue weighted by atomic mass is 35.5. The zero-order chi connectivity index (χ0) is 31.3. The van der Waals surface area contributed by atoms with Gasteiger partial charge in [0.15, 0.2) is 4.80 Å². The van der Waals surface area contributed by atoms with Crippen molar-refractivity contribution in [2.75, 3.05) is 11.9 Å². The van der Waals surface area contributed by atoms with Gasteiger partial charge in [-0.05, 0) is 85.1 Å². The monoisotopic (exact) mass is 635 g/mol. The lowest BCUT2D eigenvalue weighted by molar-refractivity contribution is -0.113. The van der Waals surface area contributed by atoms with Crippen molar-refractivity contribution in [1.82, 2.24) is 4.57 Å². The molecule has 0 radical (unpaired) electrons. The third kappa shape index (κ3) is 6.77. The molecule has 7 nitrogen and oxygen atoms in total. The molecule has 0 spiro atoms. The van der Waals surface area contributed by atoms with Gasteiger partial charge in [0.2, 0.25) is 0 Å². The van der Waals surface area contributed by atoms with Crippen LogP contribution in [0, 0.1) is 0 Å². The van der Waals surface area contributed by atoms with Gasteiger partial charge in [-0.25, -0.2) is 4.99 Å². The van der Waals surface area contributed by atoms with Crippen LogP contribution in [0.2, 0.25) is 5.02 Å². The van der Waals surface area contributed by atoms with Crippen LogP contribution in [0.25, 0.3) is 6.08 Å². The van der Waals surface area contributed by atoms with Crippen molar-refractivity contribution >= 4 is 40.6 Å². The van der Waals surface area contributed by atoms with E-state index in [1.165, 1.54) is 11.3 Å². The maximum absolute atomic E-state index is 14.0. The van der Waals surface area contributed by atoms with Crippen LogP contribution in [0.5, 0.6) is 11.5 Å². The number of nitrogens with zero attached hydrogens (tertiary/aromatic N) is 2. The third-order valence-corrected chi connectivity index (χ3v) is 8.54. The van der Waals surface area contributed by atoms with Gasteiger partial charge in [-0.3, -0.25) is 14.2 Å². The average molecular weight is 636 g/mol. The van der Waals surface area contributed by atoms with E-state index in [0.717, 1.165) is 16.7 Å². The van der Waals surface area contributed by atoms with Crippen LogP contribution < -0.4 is 29.7 Å². The molecule has 1 atom stereocenters. The molecule has 1 aliphatic heterocycles. The Bertz CT molecular complexity index is 2030. The topological polar surface area (TPSA) is 81.9 Å². The van der Waals surface area contributed by atoms with Crippen molar-refractivity contribution < 1.29 is 14.3 Å². The molecule has 0 fully saturated rings. The van der Waals surface area contributed by atoms with Crippen LogP contribution in [0.1, 0.15) is 36.6 Å². The Morgan fingerprint density at radius 1 is 0.933 bits per heavy atom. The highest BCUT2D eigenvalue weighted by Gasteiger charge is 2.32. The molecule has 1 aromatic heterocycles. The summed E-state index contributed by atoms with van der Waals surface area (Å²) in [5.74, 6) is 1.11. The number of aromatic nitrogens is 1. The number of rotatable bonds is 9. The molecule has 1 N–H and O–H groups in total. The first-order valence-corrected chi connectivity index (χ1v) is 15.7. The van der Waals surface area contributed by atoms with Crippen molar-refractivity contribution in [1.29, 1.82) is 0 Å². The number of anilines is 1. The Morgan fingerprint density at radius 2 is 1.60 bits per heavy atom.